The number of hydrogen-bond donors (Lipinski definition) is 2. The third kappa shape index (κ3) is 3.94. The molecule has 1 saturated heterocycles. The van der Waals surface area contributed by atoms with E-state index < -0.39 is 11.9 Å². The Hall–Kier alpha value is -1.10. The van der Waals surface area contributed by atoms with Gasteiger partial charge in [0.25, 0.3) is 0 Å². The van der Waals surface area contributed by atoms with Crippen LogP contribution >= 0.6 is 0 Å². The maximum atomic E-state index is 11.4. The molecular weight excluding hydrogens is 390 g/mol. The van der Waals surface area contributed by atoms with Crippen molar-refractivity contribution in [2.45, 2.75) is 97.9 Å². The summed E-state index contributed by atoms with van der Waals surface area (Å²) in [5.41, 5.74) is 1.14. The van der Waals surface area contributed by atoms with E-state index in [1.807, 2.05) is 0 Å². The normalized spacial score (nSPS) is 46.3. The van der Waals surface area contributed by atoms with Crippen molar-refractivity contribution in [2.75, 3.05) is 13.1 Å². The molecule has 2 N–H and O–H groups in total. The van der Waals surface area contributed by atoms with Gasteiger partial charge in [-0.05, 0) is 72.5 Å². The average molecular weight is 434 g/mol. The smallest absolute Gasteiger partial charge is 0.303 e. The second-order valence-electron chi connectivity index (χ2n) is 12.7. The Morgan fingerprint density at radius 3 is 2.42 bits per heavy atom. The summed E-state index contributed by atoms with van der Waals surface area (Å²) in [5, 5.41) is 20.7. The lowest BCUT2D eigenvalue weighted by atomic mass is 9.38. The van der Waals surface area contributed by atoms with Gasteiger partial charge in [-0.15, -0.1) is 0 Å². The Labute approximate surface area is 188 Å². The monoisotopic (exact) mass is 433 g/mol. The lowest BCUT2D eigenvalue weighted by molar-refractivity contribution is -0.931. The van der Waals surface area contributed by atoms with Crippen molar-refractivity contribution in [3.05, 3.63) is 0 Å². The van der Waals surface area contributed by atoms with Crippen molar-refractivity contribution >= 4 is 11.9 Å². The van der Waals surface area contributed by atoms with Gasteiger partial charge in [-0.3, -0.25) is 4.79 Å². The van der Waals surface area contributed by atoms with E-state index >= 15 is 0 Å². The molecule has 0 spiro atoms. The minimum absolute atomic E-state index is 0.0155. The molecule has 5 heteroatoms. The van der Waals surface area contributed by atoms with E-state index in [-0.39, 0.29) is 19.0 Å². The molecule has 3 saturated carbocycles. The molecule has 4 unspecified atom stereocenters. The summed E-state index contributed by atoms with van der Waals surface area (Å²) in [6, 6.07) is 0.124. The third-order valence-electron chi connectivity index (χ3n) is 10.8. The highest BCUT2D eigenvalue weighted by molar-refractivity contribution is 5.66. The van der Waals surface area contributed by atoms with E-state index in [2.05, 4.69) is 27.7 Å². The first-order valence-electron chi connectivity index (χ1n) is 12.7. The van der Waals surface area contributed by atoms with Gasteiger partial charge in [-0.25, -0.2) is 0 Å². The summed E-state index contributed by atoms with van der Waals surface area (Å²) in [4.78, 5) is 23.7. The first kappa shape index (κ1) is 23.1. The van der Waals surface area contributed by atoms with Gasteiger partial charge < -0.3 is 19.9 Å². The second kappa shape index (κ2) is 8.04. The molecular formula is C26H43NO4. The summed E-state index contributed by atoms with van der Waals surface area (Å²) < 4.78 is 0. The molecule has 4 fully saturated rings. The summed E-state index contributed by atoms with van der Waals surface area (Å²) in [6.45, 7) is 11.0. The Balaban J connectivity index is 1.60. The molecule has 0 radical (unpaired) electrons. The number of carboxylic acids is 2. The Morgan fingerprint density at radius 2 is 1.74 bits per heavy atom. The summed E-state index contributed by atoms with van der Waals surface area (Å²) in [5.74, 6) is 0.912. The minimum atomic E-state index is -1.01. The first-order valence-corrected chi connectivity index (χ1v) is 12.7. The summed E-state index contributed by atoms with van der Waals surface area (Å²) in [6.07, 6.45) is 10.8. The van der Waals surface area contributed by atoms with E-state index in [0.717, 1.165) is 29.7 Å². The molecule has 0 aromatic carbocycles. The minimum Gasteiger partial charge on any atom is -0.544 e. The molecule has 5 nitrogen and oxygen atoms in total. The Bertz CT molecular complexity index is 720. The number of piperidine rings is 1. The van der Waals surface area contributed by atoms with E-state index in [4.69, 9.17) is 0 Å². The maximum absolute atomic E-state index is 11.4. The SMILES string of the molecule is CC1(C)CCC[C@@]2(C)[C@H]1CC[C@@]1(C)C3CC(CCC(=O)O)[NH+](CC(=O)[O-])CC3CC[C@@H]21. The molecule has 8 atom stereocenters. The Morgan fingerprint density at radius 1 is 1.00 bits per heavy atom. The number of hydrogen-bond acceptors (Lipinski definition) is 3. The predicted molar refractivity (Wildman–Crippen MR) is 117 cm³/mol. The third-order valence-corrected chi connectivity index (χ3v) is 10.8. The zero-order valence-electron chi connectivity index (χ0n) is 20.0. The van der Waals surface area contributed by atoms with Crippen molar-refractivity contribution in [1.29, 1.82) is 0 Å². The molecule has 0 bridgehead atoms. The molecule has 1 aliphatic heterocycles. The second-order valence-corrected chi connectivity index (χ2v) is 12.7. The lowest BCUT2D eigenvalue weighted by Gasteiger charge is -2.67. The Kier molecular flexibility index (Phi) is 5.98. The molecule has 4 rings (SSSR count). The number of quaternary nitrogens is 1. The van der Waals surface area contributed by atoms with E-state index in [0.29, 0.717) is 34.5 Å². The van der Waals surface area contributed by atoms with Gasteiger partial charge in [0.2, 0.25) is 0 Å². The molecule has 176 valence electrons. The van der Waals surface area contributed by atoms with Crippen molar-refractivity contribution in [3.63, 3.8) is 0 Å². The number of rotatable bonds is 5. The number of fused-ring (bicyclic) bond motifs is 5. The number of carbonyl (C=O) groups excluding carboxylic acids is 1. The van der Waals surface area contributed by atoms with Gasteiger partial charge >= 0.3 is 5.97 Å². The molecule has 0 amide bonds. The van der Waals surface area contributed by atoms with Crippen LogP contribution < -0.4 is 10.0 Å². The number of carbonyl (C=O) groups is 2. The van der Waals surface area contributed by atoms with Crippen LogP contribution in [0.2, 0.25) is 0 Å². The number of aliphatic carboxylic acids is 2. The van der Waals surface area contributed by atoms with Gasteiger partial charge in [-0.1, -0.05) is 34.1 Å². The fraction of sp³-hybridized carbons (Fsp3) is 0.923. The van der Waals surface area contributed by atoms with Gasteiger partial charge in [0, 0.05) is 18.8 Å². The number of nitrogens with one attached hydrogen (secondary N) is 1. The predicted octanol–water partition coefficient (Wildman–Crippen LogP) is 2.53. The quantitative estimate of drug-likeness (QED) is 0.698. The van der Waals surface area contributed by atoms with Gasteiger partial charge in [0.05, 0.1) is 25.0 Å². The fourth-order valence-electron chi connectivity index (χ4n) is 9.61. The molecule has 31 heavy (non-hydrogen) atoms. The highest BCUT2D eigenvalue weighted by Gasteiger charge is 2.63. The number of likely N-dealkylation sites (tertiary alicyclic amines) is 1. The van der Waals surface area contributed by atoms with Gasteiger partial charge in [0.15, 0.2) is 0 Å². The van der Waals surface area contributed by atoms with Crippen LogP contribution in [0.25, 0.3) is 0 Å². The lowest BCUT2D eigenvalue weighted by Crippen LogP contribution is -3.19. The van der Waals surface area contributed by atoms with Crippen molar-refractivity contribution in [2.24, 2.45) is 39.9 Å². The van der Waals surface area contributed by atoms with Crippen molar-refractivity contribution in [3.8, 4) is 0 Å². The highest BCUT2D eigenvalue weighted by atomic mass is 16.4. The average Bonchev–Trinajstić information content (AvgIpc) is 2.65. The fourth-order valence-corrected chi connectivity index (χ4v) is 9.61. The van der Waals surface area contributed by atoms with E-state index in [1.165, 1.54) is 44.9 Å². The highest BCUT2D eigenvalue weighted by Crippen LogP contribution is 2.69. The van der Waals surface area contributed by atoms with Crippen LogP contribution in [-0.4, -0.2) is 36.2 Å². The maximum Gasteiger partial charge on any atom is 0.303 e. The van der Waals surface area contributed by atoms with Crippen molar-refractivity contribution in [1.82, 2.24) is 0 Å². The molecule has 4 aliphatic rings. The van der Waals surface area contributed by atoms with Gasteiger partial charge in [0.1, 0.15) is 6.54 Å². The van der Waals surface area contributed by atoms with E-state index in [1.54, 1.807) is 0 Å². The number of carboxylic acid groups (broad SMARTS) is 2. The van der Waals surface area contributed by atoms with Crippen LogP contribution in [0.15, 0.2) is 0 Å². The standard InChI is InChI=1S/C26H43NO4/c1-24(2)11-5-12-26(4)20(24)10-13-25(3)19-14-18(7-9-22(28)29)27(16-23(30)31)15-17(19)6-8-21(25)26/h17-21H,5-16H2,1-4H3,(H,28,29)(H,30,31)/t17?,18?,19?,20-,21+,25-,26-/m0/s1. The first-order chi connectivity index (χ1) is 14.5. The van der Waals surface area contributed by atoms with E-state index in [9.17, 15) is 19.8 Å². The zero-order valence-corrected chi connectivity index (χ0v) is 20.0. The topological polar surface area (TPSA) is 81.9 Å². The molecule has 0 aromatic rings. The van der Waals surface area contributed by atoms with Gasteiger partial charge in [-0.2, -0.15) is 0 Å². The molecule has 1 heterocycles. The summed E-state index contributed by atoms with van der Waals surface area (Å²) >= 11 is 0. The van der Waals surface area contributed by atoms with Crippen LogP contribution in [0.1, 0.15) is 91.9 Å². The van der Waals surface area contributed by atoms with Crippen LogP contribution in [0.5, 0.6) is 0 Å². The van der Waals surface area contributed by atoms with Crippen molar-refractivity contribution < 1.29 is 24.7 Å². The van der Waals surface area contributed by atoms with Crippen LogP contribution in [-0.2, 0) is 9.59 Å². The van der Waals surface area contributed by atoms with Crippen LogP contribution in [0.3, 0.4) is 0 Å². The molecule has 0 aromatic heterocycles. The largest absolute Gasteiger partial charge is 0.544 e. The van der Waals surface area contributed by atoms with Crippen LogP contribution in [0, 0.1) is 39.9 Å². The zero-order chi connectivity index (χ0) is 22.6. The van der Waals surface area contributed by atoms with Crippen LogP contribution in [0.4, 0.5) is 0 Å². The molecule has 3 aliphatic carbocycles. The summed E-state index contributed by atoms with van der Waals surface area (Å²) in [7, 11) is 0.